The van der Waals surface area contributed by atoms with Crippen molar-refractivity contribution in [3.05, 3.63) is 44.6 Å². The lowest BCUT2D eigenvalue weighted by atomic mass is 10.2. The van der Waals surface area contributed by atoms with E-state index in [0.29, 0.717) is 18.8 Å². The second-order valence-corrected chi connectivity index (χ2v) is 6.11. The fourth-order valence-corrected chi connectivity index (χ4v) is 3.22. The lowest BCUT2D eigenvalue weighted by molar-refractivity contribution is -0.0512. The second kappa shape index (κ2) is 7.72. The Bertz CT molecular complexity index is 592. The molecule has 1 aromatic carbocycles. The Kier molecular flexibility index (Phi) is 5.96. The summed E-state index contributed by atoms with van der Waals surface area (Å²) < 4.78 is 35.2. The van der Waals surface area contributed by atoms with Gasteiger partial charge in [-0.2, -0.15) is 8.78 Å². The molecule has 0 radical (unpaired) electrons. The zero-order chi connectivity index (χ0) is 15.2. The van der Waals surface area contributed by atoms with Crippen LogP contribution in [0.3, 0.4) is 0 Å². The highest BCUT2D eigenvalue weighted by Gasteiger charge is 2.11. The summed E-state index contributed by atoms with van der Waals surface area (Å²) in [5.41, 5.74) is 0.849. The number of benzene rings is 1. The van der Waals surface area contributed by atoms with Crippen LogP contribution in [0.4, 0.5) is 8.78 Å². The third-order valence-corrected chi connectivity index (χ3v) is 4.39. The summed E-state index contributed by atoms with van der Waals surface area (Å²) in [6.07, 6.45) is 0. The smallest absolute Gasteiger partial charge is 0.387 e. The van der Waals surface area contributed by atoms with Gasteiger partial charge in [0.15, 0.2) is 11.5 Å². The third-order valence-electron chi connectivity index (χ3n) is 2.69. The van der Waals surface area contributed by atoms with Crippen LogP contribution in [0.2, 0.25) is 0 Å². The quantitative estimate of drug-likeness (QED) is 0.774. The fourth-order valence-electron chi connectivity index (χ4n) is 1.80. The van der Waals surface area contributed by atoms with E-state index in [1.54, 1.807) is 23.5 Å². The maximum absolute atomic E-state index is 12.3. The molecule has 0 fully saturated rings. The van der Waals surface area contributed by atoms with Crippen LogP contribution in [-0.2, 0) is 13.1 Å². The normalized spacial score (nSPS) is 10.9. The van der Waals surface area contributed by atoms with Crippen LogP contribution >= 0.6 is 27.3 Å². The van der Waals surface area contributed by atoms with Crippen molar-refractivity contribution in [3.63, 3.8) is 0 Å². The molecule has 0 unspecified atom stereocenters. The Labute approximate surface area is 134 Å². The molecule has 0 atom stereocenters. The molecule has 0 bridgehead atoms. The minimum absolute atomic E-state index is 0.0469. The van der Waals surface area contributed by atoms with Crippen molar-refractivity contribution in [3.8, 4) is 11.5 Å². The van der Waals surface area contributed by atoms with E-state index in [2.05, 4.69) is 26.0 Å². The SMILES string of the molecule is COc1ccc(CNCc2cc(Br)cs2)cc1OC(F)F. The van der Waals surface area contributed by atoms with Gasteiger partial charge in [0.1, 0.15) is 0 Å². The van der Waals surface area contributed by atoms with Crippen molar-refractivity contribution in [1.82, 2.24) is 5.32 Å². The highest BCUT2D eigenvalue weighted by Crippen LogP contribution is 2.29. The summed E-state index contributed by atoms with van der Waals surface area (Å²) in [7, 11) is 1.42. The molecule has 3 nitrogen and oxygen atoms in total. The lowest BCUT2D eigenvalue weighted by Gasteiger charge is -2.11. The summed E-state index contributed by atoms with van der Waals surface area (Å²) in [6, 6.07) is 7.03. The minimum Gasteiger partial charge on any atom is -0.493 e. The van der Waals surface area contributed by atoms with Gasteiger partial charge in [-0.25, -0.2) is 0 Å². The summed E-state index contributed by atoms with van der Waals surface area (Å²) in [4.78, 5) is 1.19. The van der Waals surface area contributed by atoms with Crippen LogP contribution in [0, 0.1) is 0 Å². The number of thiophene rings is 1. The van der Waals surface area contributed by atoms with E-state index in [9.17, 15) is 8.78 Å². The summed E-state index contributed by atoms with van der Waals surface area (Å²) >= 11 is 5.05. The molecule has 0 aliphatic rings. The first-order valence-electron chi connectivity index (χ1n) is 6.14. The maximum atomic E-state index is 12.3. The Hall–Kier alpha value is -1.18. The number of hydrogen-bond acceptors (Lipinski definition) is 4. The molecule has 114 valence electrons. The molecule has 7 heteroatoms. The monoisotopic (exact) mass is 377 g/mol. The number of hydrogen-bond donors (Lipinski definition) is 1. The number of halogens is 3. The van der Waals surface area contributed by atoms with Gasteiger partial charge in [-0.3, -0.25) is 0 Å². The van der Waals surface area contributed by atoms with Gasteiger partial charge in [0.05, 0.1) is 7.11 Å². The molecule has 0 saturated heterocycles. The molecule has 0 saturated carbocycles. The van der Waals surface area contributed by atoms with Gasteiger partial charge >= 0.3 is 6.61 Å². The van der Waals surface area contributed by atoms with Crippen molar-refractivity contribution in [2.24, 2.45) is 0 Å². The molecule has 0 amide bonds. The topological polar surface area (TPSA) is 30.5 Å². The standard InChI is InChI=1S/C14H14BrF2NO2S/c1-19-12-3-2-9(4-13(12)20-14(16)17)6-18-7-11-5-10(15)8-21-11/h2-5,8,14,18H,6-7H2,1H3. The van der Waals surface area contributed by atoms with E-state index in [4.69, 9.17) is 4.74 Å². The number of alkyl halides is 2. The van der Waals surface area contributed by atoms with Crippen LogP contribution in [0.25, 0.3) is 0 Å². The first-order valence-corrected chi connectivity index (χ1v) is 7.81. The minimum atomic E-state index is -2.87. The van der Waals surface area contributed by atoms with Crippen LogP contribution in [-0.4, -0.2) is 13.7 Å². The summed E-state index contributed by atoms with van der Waals surface area (Å²) in [5, 5.41) is 5.27. The highest BCUT2D eigenvalue weighted by atomic mass is 79.9. The van der Waals surface area contributed by atoms with Crippen molar-refractivity contribution in [2.75, 3.05) is 7.11 Å². The van der Waals surface area contributed by atoms with E-state index in [1.165, 1.54) is 12.0 Å². The average molecular weight is 378 g/mol. The van der Waals surface area contributed by atoms with Crippen molar-refractivity contribution in [2.45, 2.75) is 19.7 Å². The maximum Gasteiger partial charge on any atom is 0.387 e. The first-order chi connectivity index (χ1) is 10.1. The molecule has 0 spiro atoms. The molecule has 0 aliphatic heterocycles. The van der Waals surface area contributed by atoms with E-state index < -0.39 is 6.61 Å². The molecule has 0 aliphatic carbocycles. The number of methoxy groups -OCH3 is 1. The number of rotatable bonds is 7. The Morgan fingerprint density at radius 3 is 2.67 bits per heavy atom. The molecule has 2 aromatic rings. The van der Waals surface area contributed by atoms with Crippen molar-refractivity contribution in [1.29, 1.82) is 0 Å². The van der Waals surface area contributed by atoms with Crippen molar-refractivity contribution >= 4 is 27.3 Å². The molecule has 1 N–H and O–H groups in total. The Morgan fingerprint density at radius 2 is 2.05 bits per heavy atom. The number of ether oxygens (including phenoxy) is 2. The fraction of sp³-hybridized carbons (Fsp3) is 0.286. The van der Waals surface area contributed by atoms with Crippen LogP contribution in [0.15, 0.2) is 34.1 Å². The van der Waals surface area contributed by atoms with Gasteiger partial charge in [0.2, 0.25) is 0 Å². The zero-order valence-corrected chi connectivity index (χ0v) is 13.6. The largest absolute Gasteiger partial charge is 0.493 e. The first kappa shape index (κ1) is 16.2. The van der Waals surface area contributed by atoms with E-state index in [-0.39, 0.29) is 5.75 Å². The molecule has 1 heterocycles. The van der Waals surface area contributed by atoms with Gasteiger partial charge in [0, 0.05) is 27.8 Å². The lowest BCUT2D eigenvalue weighted by Crippen LogP contribution is -2.12. The van der Waals surface area contributed by atoms with Crippen molar-refractivity contribution < 1.29 is 18.3 Å². The highest BCUT2D eigenvalue weighted by molar-refractivity contribution is 9.10. The molecular weight excluding hydrogens is 364 g/mol. The van der Waals surface area contributed by atoms with Gasteiger partial charge in [0.25, 0.3) is 0 Å². The van der Waals surface area contributed by atoms with E-state index in [1.807, 2.05) is 17.5 Å². The predicted octanol–water partition coefficient (Wildman–Crippen LogP) is 4.41. The average Bonchev–Trinajstić information content (AvgIpc) is 2.84. The van der Waals surface area contributed by atoms with Gasteiger partial charge in [-0.1, -0.05) is 6.07 Å². The van der Waals surface area contributed by atoms with E-state index in [0.717, 1.165) is 10.0 Å². The molecular formula is C14H14BrF2NO2S. The third kappa shape index (κ3) is 4.94. The van der Waals surface area contributed by atoms with Crippen LogP contribution in [0.1, 0.15) is 10.4 Å². The Morgan fingerprint density at radius 1 is 1.24 bits per heavy atom. The predicted molar refractivity (Wildman–Crippen MR) is 82.2 cm³/mol. The van der Waals surface area contributed by atoms with Crippen LogP contribution in [0.5, 0.6) is 11.5 Å². The molecule has 1 aromatic heterocycles. The Balaban J connectivity index is 1.96. The van der Waals surface area contributed by atoms with Gasteiger partial charge in [-0.05, 0) is 39.7 Å². The van der Waals surface area contributed by atoms with Gasteiger partial charge < -0.3 is 14.8 Å². The second-order valence-electron chi connectivity index (χ2n) is 4.20. The molecule has 21 heavy (non-hydrogen) atoms. The van der Waals surface area contributed by atoms with E-state index >= 15 is 0 Å². The summed E-state index contributed by atoms with van der Waals surface area (Å²) in [5.74, 6) is 0.340. The summed E-state index contributed by atoms with van der Waals surface area (Å²) in [6.45, 7) is -1.60. The molecule has 2 rings (SSSR count). The zero-order valence-electron chi connectivity index (χ0n) is 11.2. The number of nitrogens with one attached hydrogen (secondary N) is 1. The van der Waals surface area contributed by atoms with Gasteiger partial charge in [-0.15, -0.1) is 11.3 Å². The van der Waals surface area contributed by atoms with Crippen LogP contribution < -0.4 is 14.8 Å².